The van der Waals surface area contributed by atoms with Crippen molar-refractivity contribution in [3.8, 4) is 11.5 Å². The number of ether oxygens (including phenoxy) is 2. The first kappa shape index (κ1) is 20.6. The third-order valence-electron chi connectivity index (χ3n) is 3.58. The van der Waals surface area contributed by atoms with E-state index in [0.29, 0.717) is 5.75 Å². The molecule has 0 aliphatic carbocycles. The largest absolute Gasteiger partial charge is 0.493 e. The third kappa shape index (κ3) is 4.92. The number of anilines is 1. The lowest BCUT2D eigenvalue weighted by molar-refractivity contribution is -0.117. The number of methoxy groups -OCH3 is 2. The van der Waals surface area contributed by atoms with Gasteiger partial charge in [0.05, 0.1) is 30.8 Å². The minimum Gasteiger partial charge on any atom is -0.493 e. The summed E-state index contributed by atoms with van der Waals surface area (Å²) < 4.78 is 64.0. The van der Waals surface area contributed by atoms with Crippen molar-refractivity contribution in [1.82, 2.24) is 4.72 Å². The molecule has 1 amide bonds. The molecule has 0 aliphatic heterocycles. The van der Waals surface area contributed by atoms with Gasteiger partial charge in [-0.1, -0.05) is 0 Å². The predicted octanol–water partition coefficient (Wildman–Crippen LogP) is 2.29. The standard InChI is InChI=1S/C17H18F2N2O5S/c1-10(17(22)20-14-8-11(18)4-6-13(14)19)21-27(23,24)12-5-7-15(25-2)16(9-12)26-3/h4-10,21H,1-3H3,(H,20,22). The molecule has 10 heteroatoms. The zero-order valence-electron chi connectivity index (χ0n) is 14.7. The zero-order chi connectivity index (χ0) is 20.2. The molecule has 0 aliphatic rings. The minimum absolute atomic E-state index is 0.156. The van der Waals surface area contributed by atoms with E-state index in [-0.39, 0.29) is 10.6 Å². The molecular formula is C17H18F2N2O5S. The third-order valence-corrected chi connectivity index (χ3v) is 5.12. The van der Waals surface area contributed by atoms with Gasteiger partial charge in [0.15, 0.2) is 11.5 Å². The van der Waals surface area contributed by atoms with Crippen molar-refractivity contribution in [1.29, 1.82) is 0 Å². The van der Waals surface area contributed by atoms with Crippen molar-refractivity contribution in [3.05, 3.63) is 48.0 Å². The maximum Gasteiger partial charge on any atom is 0.242 e. The lowest BCUT2D eigenvalue weighted by Crippen LogP contribution is -2.41. The van der Waals surface area contributed by atoms with Crippen LogP contribution in [0.2, 0.25) is 0 Å². The highest BCUT2D eigenvalue weighted by atomic mass is 32.2. The summed E-state index contributed by atoms with van der Waals surface area (Å²) in [6, 6.07) is 5.20. The number of halogens is 2. The molecule has 2 aromatic rings. The lowest BCUT2D eigenvalue weighted by Gasteiger charge is -2.16. The Balaban J connectivity index is 2.17. The van der Waals surface area contributed by atoms with Gasteiger partial charge >= 0.3 is 0 Å². The molecule has 0 radical (unpaired) electrons. The summed E-state index contributed by atoms with van der Waals surface area (Å²) in [5.41, 5.74) is -0.392. The molecule has 2 aromatic carbocycles. The molecule has 0 bridgehead atoms. The second-order valence-corrected chi connectivity index (χ2v) is 7.19. The van der Waals surface area contributed by atoms with Crippen LogP contribution in [0.15, 0.2) is 41.3 Å². The molecule has 0 heterocycles. The topological polar surface area (TPSA) is 93.7 Å². The van der Waals surface area contributed by atoms with Gasteiger partial charge in [-0.3, -0.25) is 4.79 Å². The maximum absolute atomic E-state index is 13.6. The number of benzene rings is 2. The Morgan fingerprint density at radius 3 is 2.33 bits per heavy atom. The van der Waals surface area contributed by atoms with Gasteiger partial charge in [-0.25, -0.2) is 17.2 Å². The number of carbonyl (C=O) groups is 1. The molecule has 1 atom stereocenters. The van der Waals surface area contributed by atoms with Crippen LogP contribution in [0.3, 0.4) is 0 Å². The highest BCUT2D eigenvalue weighted by molar-refractivity contribution is 7.89. The monoisotopic (exact) mass is 400 g/mol. The molecule has 0 saturated heterocycles. The molecule has 27 heavy (non-hydrogen) atoms. The molecule has 0 spiro atoms. The lowest BCUT2D eigenvalue weighted by atomic mass is 10.2. The average Bonchev–Trinajstić information content (AvgIpc) is 2.63. The van der Waals surface area contributed by atoms with Gasteiger partial charge in [0.2, 0.25) is 15.9 Å². The normalized spacial score (nSPS) is 12.3. The molecule has 146 valence electrons. The average molecular weight is 400 g/mol. The van der Waals surface area contributed by atoms with Crippen LogP contribution in [0.25, 0.3) is 0 Å². The zero-order valence-corrected chi connectivity index (χ0v) is 15.6. The van der Waals surface area contributed by atoms with Crippen LogP contribution in [-0.4, -0.2) is 34.6 Å². The summed E-state index contributed by atoms with van der Waals surface area (Å²) in [6.45, 7) is 1.27. The Labute approximate surface area is 155 Å². The van der Waals surface area contributed by atoms with Crippen LogP contribution < -0.4 is 19.5 Å². The quantitative estimate of drug-likeness (QED) is 0.744. The molecule has 7 nitrogen and oxygen atoms in total. The first-order valence-corrected chi connectivity index (χ1v) is 9.16. The number of hydrogen-bond acceptors (Lipinski definition) is 5. The predicted molar refractivity (Wildman–Crippen MR) is 94.3 cm³/mol. The summed E-state index contributed by atoms with van der Waals surface area (Å²) in [4.78, 5) is 12.0. The highest BCUT2D eigenvalue weighted by Crippen LogP contribution is 2.29. The van der Waals surface area contributed by atoms with Gasteiger partial charge in [-0.05, 0) is 31.2 Å². The molecule has 0 saturated carbocycles. The van der Waals surface area contributed by atoms with E-state index in [1.54, 1.807) is 0 Å². The van der Waals surface area contributed by atoms with Crippen LogP contribution in [0, 0.1) is 11.6 Å². The van der Waals surface area contributed by atoms with Crippen LogP contribution in [0.1, 0.15) is 6.92 Å². The smallest absolute Gasteiger partial charge is 0.242 e. The first-order valence-electron chi connectivity index (χ1n) is 7.68. The molecule has 0 fully saturated rings. The van der Waals surface area contributed by atoms with Gasteiger partial charge in [0, 0.05) is 12.1 Å². The van der Waals surface area contributed by atoms with E-state index in [4.69, 9.17) is 9.47 Å². The van der Waals surface area contributed by atoms with Gasteiger partial charge < -0.3 is 14.8 Å². The van der Waals surface area contributed by atoms with Gasteiger partial charge in [-0.2, -0.15) is 4.72 Å². The summed E-state index contributed by atoms with van der Waals surface area (Å²) in [7, 11) is -1.33. The van der Waals surface area contributed by atoms with Crippen LogP contribution in [0.5, 0.6) is 11.5 Å². The van der Waals surface area contributed by atoms with Gasteiger partial charge in [-0.15, -0.1) is 0 Å². The van der Waals surface area contributed by atoms with Crippen molar-refractivity contribution in [2.24, 2.45) is 0 Å². The van der Waals surface area contributed by atoms with Crippen LogP contribution in [-0.2, 0) is 14.8 Å². The molecular weight excluding hydrogens is 382 g/mol. The second kappa shape index (κ2) is 8.31. The van der Waals surface area contributed by atoms with E-state index in [1.807, 2.05) is 0 Å². The number of sulfonamides is 1. The van der Waals surface area contributed by atoms with E-state index in [0.717, 1.165) is 18.2 Å². The van der Waals surface area contributed by atoms with E-state index < -0.39 is 39.3 Å². The summed E-state index contributed by atoms with van der Waals surface area (Å²) in [6.07, 6.45) is 0. The van der Waals surface area contributed by atoms with Gasteiger partial charge in [0.25, 0.3) is 0 Å². The maximum atomic E-state index is 13.6. The number of nitrogens with one attached hydrogen (secondary N) is 2. The van der Waals surface area contributed by atoms with Crippen molar-refractivity contribution >= 4 is 21.6 Å². The van der Waals surface area contributed by atoms with E-state index in [1.165, 1.54) is 39.3 Å². The summed E-state index contributed by atoms with van der Waals surface area (Å²) in [5, 5.41) is 2.14. The molecule has 2 rings (SSSR count). The SMILES string of the molecule is COc1ccc(S(=O)(=O)NC(C)C(=O)Nc2cc(F)ccc2F)cc1OC. The van der Waals surface area contributed by atoms with Crippen molar-refractivity contribution < 1.29 is 31.5 Å². The Morgan fingerprint density at radius 1 is 1.04 bits per heavy atom. The fourth-order valence-corrected chi connectivity index (χ4v) is 3.39. The van der Waals surface area contributed by atoms with Crippen molar-refractivity contribution in [3.63, 3.8) is 0 Å². The number of hydrogen-bond donors (Lipinski definition) is 2. The minimum atomic E-state index is -4.09. The molecule has 2 N–H and O–H groups in total. The molecule has 0 aromatic heterocycles. The van der Waals surface area contributed by atoms with E-state index >= 15 is 0 Å². The van der Waals surface area contributed by atoms with E-state index in [2.05, 4.69) is 10.0 Å². The fraction of sp³-hybridized carbons (Fsp3) is 0.235. The molecule has 1 unspecified atom stereocenters. The summed E-state index contributed by atoms with van der Waals surface area (Å²) >= 11 is 0. The van der Waals surface area contributed by atoms with Crippen molar-refractivity contribution in [2.75, 3.05) is 19.5 Å². The Hall–Kier alpha value is -2.72. The Kier molecular flexibility index (Phi) is 6.34. The number of carbonyl (C=O) groups excluding carboxylic acids is 1. The van der Waals surface area contributed by atoms with E-state index in [9.17, 15) is 22.0 Å². The summed E-state index contributed by atoms with van der Waals surface area (Å²) in [5.74, 6) is -1.92. The fourth-order valence-electron chi connectivity index (χ4n) is 2.17. The highest BCUT2D eigenvalue weighted by Gasteiger charge is 2.24. The van der Waals surface area contributed by atoms with Gasteiger partial charge in [0.1, 0.15) is 11.6 Å². The first-order chi connectivity index (χ1) is 12.7. The Morgan fingerprint density at radius 2 is 1.70 bits per heavy atom. The van der Waals surface area contributed by atoms with Crippen molar-refractivity contribution in [2.45, 2.75) is 17.9 Å². The second-order valence-electron chi connectivity index (χ2n) is 5.47. The Bertz CT molecular complexity index is 950. The number of rotatable bonds is 7. The van der Waals surface area contributed by atoms with Crippen LogP contribution in [0.4, 0.5) is 14.5 Å². The number of amides is 1. The van der Waals surface area contributed by atoms with Crippen LogP contribution >= 0.6 is 0 Å².